The second-order valence-electron chi connectivity index (χ2n) is 4.23. The van der Waals surface area contributed by atoms with Gasteiger partial charge in [-0.25, -0.2) is 0 Å². The summed E-state index contributed by atoms with van der Waals surface area (Å²) in [5.74, 6) is 0. The van der Waals surface area contributed by atoms with Crippen molar-refractivity contribution in [2.75, 3.05) is 32.6 Å². The molecule has 1 rings (SSSR count). The minimum Gasteiger partial charge on any atom is -0.383 e. The summed E-state index contributed by atoms with van der Waals surface area (Å²) >= 11 is 1.41. The molecule has 1 heterocycles. The highest BCUT2D eigenvalue weighted by Gasteiger charge is 2.18. The van der Waals surface area contributed by atoms with Crippen LogP contribution in [0.15, 0.2) is 0 Å². The molecule has 0 saturated heterocycles. The highest BCUT2D eigenvalue weighted by molar-refractivity contribution is 7.10. The summed E-state index contributed by atoms with van der Waals surface area (Å²) in [7, 11) is 3.66. The number of hydrogen-bond acceptors (Lipinski definition) is 6. The van der Waals surface area contributed by atoms with Crippen molar-refractivity contribution in [1.82, 2.24) is 14.5 Å². The highest BCUT2D eigenvalue weighted by atomic mass is 32.1. The van der Waals surface area contributed by atoms with Crippen molar-refractivity contribution in [2.24, 2.45) is 0 Å². The van der Waals surface area contributed by atoms with E-state index in [0.717, 1.165) is 43.2 Å². The maximum atomic E-state index is 5.20. The van der Waals surface area contributed by atoms with E-state index in [4.69, 9.17) is 4.74 Å². The van der Waals surface area contributed by atoms with Gasteiger partial charge in [-0.1, -0.05) is 18.3 Å². The van der Waals surface area contributed by atoms with E-state index in [-0.39, 0.29) is 0 Å². The zero-order chi connectivity index (χ0) is 13.4. The van der Waals surface area contributed by atoms with Crippen LogP contribution in [0.3, 0.4) is 0 Å². The fourth-order valence-electron chi connectivity index (χ4n) is 2.10. The monoisotopic (exact) mass is 272 g/mol. The van der Waals surface area contributed by atoms with Crippen molar-refractivity contribution in [3.63, 3.8) is 0 Å². The standard InChI is InChI=1S/C12H24N4OS/c1-5-10(6-2)16(7-8-17-4)9-11-12(13-3)18-15-14-11/h10,13H,5-9H2,1-4H3. The molecule has 1 N–H and O–H groups in total. The topological polar surface area (TPSA) is 50.3 Å². The van der Waals surface area contributed by atoms with Gasteiger partial charge in [0.2, 0.25) is 0 Å². The maximum Gasteiger partial charge on any atom is 0.134 e. The van der Waals surface area contributed by atoms with Crippen molar-refractivity contribution in [3.05, 3.63) is 5.69 Å². The lowest BCUT2D eigenvalue weighted by Crippen LogP contribution is -2.36. The molecule has 5 nitrogen and oxygen atoms in total. The first-order chi connectivity index (χ1) is 8.76. The Morgan fingerprint density at radius 1 is 1.39 bits per heavy atom. The van der Waals surface area contributed by atoms with Gasteiger partial charge >= 0.3 is 0 Å². The molecule has 0 fully saturated rings. The molecule has 6 heteroatoms. The Kier molecular flexibility index (Phi) is 7.15. The molecule has 18 heavy (non-hydrogen) atoms. The molecule has 1 aromatic rings. The van der Waals surface area contributed by atoms with Crippen LogP contribution in [0, 0.1) is 0 Å². The molecule has 0 aliphatic heterocycles. The van der Waals surface area contributed by atoms with Crippen molar-refractivity contribution in [3.8, 4) is 0 Å². The van der Waals surface area contributed by atoms with Crippen LogP contribution >= 0.6 is 11.5 Å². The van der Waals surface area contributed by atoms with Gasteiger partial charge in [0.1, 0.15) is 10.7 Å². The number of hydrogen-bond donors (Lipinski definition) is 1. The SMILES string of the molecule is CCC(CC)N(CCOC)Cc1nnsc1NC. The summed E-state index contributed by atoms with van der Waals surface area (Å²) in [5, 5.41) is 8.42. The molecule has 104 valence electrons. The van der Waals surface area contributed by atoms with Gasteiger partial charge in [0.15, 0.2) is 0 Å². The van der Waals surface area contributed by atoms with E-state index >= 15 is 0 Å². The fourth-order valence-corrected chi connectivity index (χ4v) is 2.62. The summed E-state index contributed by atoms with van der Waals surface area (Å²) < 4.78 is 9.21. The van der Waals surface area contributed by atoms with Crippen LogP contribution in [0.5, 0.6) is 0 Å². The fraction of sp³-hybridized carbons (Fsp3) is 0.833. The smallest absolute Gasteiger partial charge is 0.134 e. The van der Waals surface area contributed by atoms with Gasteiger partial charge in [-0.3, -0.25) is 4.90 Å². The number of aromatic nitrogens is 2. The number of ether oxygens (including phenoxy) is 1. The second kappa shape index (κ2) is 8.39. The van der Waals surface area contributed by atoms with E-state index in [9.17, 15) is 0 Å². The van der Waals surface area contributed by atoms with E-state index in [1.807, 2.05) is 7.05 Å². The molecule has 0 unspecified atom stereocenters. The van der Waals surface area contributed by atoms with E-state index < -0.39 is 0 Å². The maximum absolute atomic E-state index is 5.20. The van der Waals surface area contributed by atoms with Crippen molar-refractivity contribution < 1.29 is 4.74 Å². The molecule has 0 bridgehead atoms. The lowest BCUT2D eigenvalue weighted by atomic mass is 10.1. The molecular weight excluding hydrogens is 248 g/mol. The third-order valence-electron chi connectivity index (χ3n) is 3.18. The lowest BCUT2D eigenvalue weighted by Gasteiger charge is -2.29. The van der Waals surface area contributed by atoms with Crippen LogP contribution in [0.25, 0.3) is 0 Å². The first kappa shape index (κ1) is 15.3. The van der Waals surface area contributed by atoms with Crippen LogP contribution in [-0.2, 0) is 11.3 Å². The first-order valence-corrected chi connectivity index (χ1v) is 7.26. The average molecular weight is 272 g/mol. The predicted molar refractivity (Wildman–Crippen MR) is 76.1 cm³/mol. The van der Waals surface area contributed by atoms with Gasteiger partial charge in [-0.15, -0.1) is 5.10 Å². The first-order valence-electron chi connectivity index (χ1n) is 6.48. The van der Waals surface area contributed by atoms with Gasteiger partial charge < -0.3 is 10.1 Å². The van der Waals surface area contributed by atoms with Crippen LogP contribution in [0.1, 0.15) is 32.4 Å². The Labute approximate surface area is 114 Å². The molecule has 0 aliphatic carbocycles. The third-order valence-corrected chi connectivity index (χ3v) is 3.96. The van der Waals surface area contributed by atoms with Crippen LogP contribution in [-0.4, -0.2) is 47.8 Å². The number of nitrogens with zero attached hydrogens (tertiary/aromatic N) is 3. The molecule has 0 saturated carbocycles. The second-order valence-corrected chi connectivity index (χ2v) is 4.99. The largest absolute Gasteiger partial charge is 0.383 e. The van der Waals surface area contributed by atoms with Crippen LogP contribution in [0.2, 0.25) is 0 Å². The molecular formula is C12H24N4OS. The van der Waals surface area contributed by atoms with Gasteiger partial charge in [-0.05, 0) is 12.8 Å². The molecule has 0 aromatic carbocycles. The minimum absolute atomic E-state index is 0.576. The summed E-state index contributed by atoms with van der Waals surface area (Å²) in [6.07, 6.45) is 2.29. The third kappa shape index (κ3) is 4.19. The average Bonchev–Trinajstić information content (AvgIpc) is 2.84. The highest BCUT2D eigenvalue weighted by Crippen LogP contribution is 2.20. The Bertz CT molecular complexity index is 328. The number of methoxy groups -OCH3 is 1. The molecule has 0 amide bonds. The van der Waals surface area contributed by atoms with Crippen molar-refractivity contribution in [1.29, 1.82) is 0 Å². The van der Waals surface area contributed by atoms with Crippen molar-refractivity contribution >= 4 is 16.5 Å². The summed E-state index contributed by atoms with van der Waals surface area (Å²) in [6.45, 7) is 6.98. The Balaban J connectivity index is 2.70. The Morgan fingerprint density at radius 2 is 2.11 bits per heavy atom. The normalized spacial score (nSPS) is 11.4. The summed E-state index contributed by atoms with van der Waals surface area (Å²) in [6, 6.07) is 0.576. The molecule has 0 aliphatic rings. The number of nitrogens with one attached hydrogen (secondary N) is 1. The lowest BCUT2D eigenvalue weighted by molar-refractivity contribution is 0.109. The van der Waals surface area contributed by atoms with Crippen LogP contribution < -0.4 is 5.32 Å². The van der Waals surface area contributed by atoms with Gasteiger partial charge in [0.05, 0.1) is 6.61 Å². The van der Waals surface area contributed by atoms with Gasteiger partial charge in [0.25, 0.3) is 0 Å². The molecule has 1 aromatic heterocycles. The number of anilines is 1. The summed E-state index contributed by atoms with van der Waals surface area (Å²) in [5.41, 5.74) is 1.03. The molecule has 0 radical (unpaired) electrons. The van der Waals surface area contributed by atoms with E-state index in [1.165, 1.54) is 11.5 Å². The van der Waals surface area contributed by atoms with Crippen molar-refractivity contribution in [2.45, 2.75) is 39.3 Å². The van der Waals surface area contributed by atoms with Gasteiger partial charge in [-0.2, -0.15) is 0 Å². The van der Waals surface area contributed by atoms with E-state index in [1.54, 1.807) is 7.11 Å². The Hall–Kier alpha value is -0.720. The quantitative estimate of drug-likeness (QED) is 0.747. The zero-order valence-electron chi connectivity index (χ0n) is 11.8. The van der Waals surface area contributed by atoms with Crippen LogP contribution in [0.4, 0.5) is 5.00 Å². The summed E-state index contributed by atoms with van der Waals surface area (Å²) in [4.78, 5) is 2.43. The number of rotatable bonds is 9. The van der Waals surface area contributed by atoms with Gasteiger partial charge in [0, 0.05) is 44.8 Å². The Morgan fingerprint density at radius 3 is 2.67 bits per heavy atom. The predicted octanol–water partition coefficient (Wildman–Crippen LogP) is 2.22. The van der Waals surface area contributed by atoms with E-state index in [2.05, 4.69) is 33.7 Å². The minimum atomic E-state index is 0.576. The van der Waals surface area contributed by atoms with E-state index in [0.29, 0.717) is 6.04 Å². The molecule has 0 atom stereocenters. The zero-order valence-corrected chi connectivity index (χ0v) is 12.6. The molecule has 0 spiro atoms.